The molecule has 1 fully saturated rings. The van der Waals surface area contributed by atoms with Crippen molar-refractivity contribution in [1.29, 1.82) is 0 Å². The van der Waals surface area contributed by atoms with Crippen molar-refractivity contribution >= 4 is 11.9 Å². The summed E-state index contributed by atoms with van der Waals surface area (Å²) in [4.78, 5) is 23.2. The lowest BCUT2D eigenvalue weighted by molar-refractivity contribution is -0.146. The van der Waals surface area contributed by atoms with Gasteiger partial charge in [-0.25, -0.2) is 0 Å². The smallest absolute Gasteiger partial charge is 0.314 e. The summed E-state index contributed by atoms with van der Waals surface area (Å²) >= 11 is 0. The van der Waals surface area contributed by atoms with Crippen LogP contribution in [0.15, 0.2) is 12.1 Å². The van der Waals surface area contributed by atoms with Crippen LogP contribution in [0.4, 0.5) is 0 Å². The third-order valence-electron chi connectivity index (χ3n) is 4.53. The minimum absolute atomic E-state index is 0.211. The van der Waals surface area contributed by atoms with E-state index in [1.54, 1.807) is 19.2 Å². The summed E-state index contributed by atoms with van der Waals surface area (Å²) in [7, 11) is 1.61. The molecule has 1 aliphatic carbocycles. The maximum absolute atomic E-state index is 12.3. The molecule has 1 saturated carbocycles. The predicted molar refractivity (Wildman–Crippen MR) is 81.2 cm³/mol. The molecule has 1 N–H and O–H groups in total. The van der Waals surface area contributed by atoms with E-state index >= 15 is 0 Å². The van der Waals surface area contributed by atoms with E-state index in [0.29, 0.717) is 31.4 Å². The second-order valence-electron chi connectivity index (χ2n) is 5.82. The number of hydrogen-bond acceptors (Lipinski definition) is 4. The molecular weight excluding hydrogens is 284 g/mol. The first-order valence-corrected chi connectivity index (χ1v) is 7.52. The summed E-state index contributed by atoms with van der Waals surface area (Å²) < 4.78 is 10.8. The summed E-state index contributed by atoms with van der Waals surface area (Å²) in [5, 5.41) is 8.99. The molecule has 5 nitrogen and oxygen atoms in total. The quantitative estimate of drug-likeness (QED) is 0.683. The van der Waals surface area contributed by atoms with E-state index < -0.39 is 5.97 Å². The highest BCUT2D eigenvalue weighted by atomic mass is 16.5. The van der Waals surface area contributed by atoms with Gasteiger partial charge in [-0.05, 0) is 62.8 Å². The standard InChI is InChI=1S/C17H22O5/c1-10-11(2)15(9-8-14(10)21-3)22-17(20)13-6-4-12(5-7-13)16(18)19/h8-9,12-13H,4-7H2,1-3H3,(H,18,19). The summed E-state index contributed by atoms with van der Waals surface area (Å²) in [5.41, 5.74) is 1.83. The van der Waals surface area contributed by atoms with Crippen LogP contribution in [0.2, 0.25) is 0 Å². The number of ether oxygens (including phenoxy) is 2. The van der Waals surface area contributed by atoms with Crippen molar-refractivity contribution in [2.45, 2.75) is 39.5 Å². The Labute approximate surface area is 130 Å². The molecule has 1 aromatic rings. The Bertz CT molecular complexity index is 571. The number of carboxylic acid groups (broad SMARTS) is 1. The Morgan fingerprint density at radius 3 is 2.05 bits per heavy atom. The lowest BCUT2D eigenvalue weighted by Crippen LogP contribution is -2.28. The Morgan fingerprint density at radius 2 is 1.50 bits per heavy atom. The fourth-order valence-electron chi connectivity index (χ4n) is 2.87. The van der Waals surface area contributed by atoms with Gasteiger partial charge >= 0.3 is 11.9 Å². The zero-order valence-electron chi connectivity index (χ0n) is 13.2. The lowest BCUT2D eigenvalue weighted by atomic mass is 9.82. The van der Waals surface area contributed by atoms with Crippen LogP contribution in [-0.2, 0) is 9.59 Å². The summed E-state index contributed by atoms with van der Waals surface area (Å²) in [6.07, 6.45) is 2.22. The van der Waals surface area contributed by atoms with Crippen LogP contribution < -0.4 is 9.47 Å². The van der Waals surface area contributed by atoms with Crippen LogP contribution in [-0.4, -0.2) is 24.2 Å². The van der Waals surface area contributed by atoms with Gasteiger partial charge in [-0.3, -0.25) is 9.59 Å². The fourth-order valence-corrected chi connectivity index (χ4v) is 2.87. The monoisotopic (exact) mass is 306 g/mol. The van der Waals surface area contributed by atoms with Gasteiger partial charge in [0.05, 0.1) is 18.9 Å². The first-order valence-electron chi connectivity index (χ1n) is 7.52. The molecule has 0 saturated heterocycles. The Balaban J connectivity index is 2.01. The van der Waals surface area contributed by atoms with Gasteiger partial charge < -0.3 is 14.6 Å². The van der Waals surface area contributed by atoms with Crippen molar-refractivity contribution in [3.8, 4) is 11.5 Å². The van der Waals surface area contributed by atoms with Gasteiger partial charge in [-0.2, -0.15) is 0 Å². The summed E-state index contributed by atoms with van der Waals surface area (Å²) in [6.45, 7) is 3.81. The molecule has 0 heterocycles. The Kier molecular flexibility index (Phi) is 5.06. The first-order chi connectivity index (χ1) is 10.4. The van der Waals surface area contributed by atoms with Gasteiger partial charge in [0.1, 0.15) is 11.5 Å². The average Bonchev–Trinajstić information content (AvgIpc) is 2.52. The number of carboxylic acids is 1. The first kappa shape index (κ1) is 16.3. The number of carbonyl (C=O) groups excluding carboxylic acids is 1. The lowest BCUT2D eigenvalue weighted by Gasteiger charge is -2.24. The van der Waals surface area contributed by atoms with Crippen molar-refractivity contribution in [2.24, 2.45) is 11.8 Å². The van der Waals surface area contributed by atoms with Crippen LogP contribution in [0.1, 0.15) is 36.8 Å². The van der Waals surface area contributed by atoms with Crippen LogP contribution in [0.25, 0.3) is 0 Å². The van der Waals surface area contributed by atoms with E-state index in [2.05, 4.69) is 0 Å². The third-order valence-corrected chi connectivity index (χ3v) is 4.53. The van der Waals surface area contributed by atoms with Gasteiger partial charge in [0.25, 0.3) is 0 Å². The molecule has 22 heavy (non-hydrogen) atoms. The van der Waals surface area contributed by atoms with Gasteiger partial charge in [0.15, 0.2) is 0 Å². The SMILES string of the molecule is COc1ccc(OC(=O)C2CCC(C(=O)O)CC2)c(C)c1C. The number of methoxy groups -OCH3 is 1. The number of esters is 1. The minimum Gasteiger partial charge on any atom is -0.496 e. The predicted octanol–water partition coefficient (Wildman–Crippen LogP) is 3.11. The van der Waals surface area contributed by atoms with E-state index in [1.807, 2.05) is 13.8 Å². The van der Waals surface area contributed by atoms with Gasteiger partial charge in [-0.15, -0.1) is 0 Å². The van der Waals surface area contributed by atoms with E-state index in [4.69, 9.17) is 14.6 Å². The number of rotatable bonds is 4. The van der Waals surface area contributed by atoms with E-state index in [9.17, 15) is 9.59 Å². The van der Waals surface area contributed by atoms with E-state index in [-0.39, 0.29) is 17.8 Å². The molecule has 2 rings (SSSR count). The van der Waals surface area contributed by atoms with Crippen molar-refractivity contribution in [2.75, 3.05) is 7.11 Å². The van der Waals surface area contributed by atoms with Crippen molar-refractivity contribution in [3.05, 3.63) is 23.3 Å². The molecule has 0 aliphatic heterocycles. The second kappa shape index (κ2) is 6.81. The molecule has 0 bridgehead atoms. The normalized spacial score (nSPS) is 21.2. The van der Waals surface area contributed by atoms with Gasteiger partial charge in [0.2, 0.25) is 0 Å². The van der Waals surface area contributed by atoms with E-state index in [1.165, 1.54) is 0 Å². The Morgan fingerprint density at radius 1 is 1.00 bits per heavy atom. The van der Waals surface area contributed by atoms with Crippen molar-refractivity contribution in [3.63, 3.8) is 0 Å². The second-order valence-corrected chi connectivity index (χ2v) is 5.82. The molecule has 0 amide bonds. The number of hydrogen-bond donors (Lipinski definition) is 1. The third kappa shape index (κ3) is 3.40. The molecule has 5 heteroatoms. The summed E-state index contributed by atoms with van der Waals surface area (Å²) in [5.74, 6) is -0.265. The average molecular weight is 306 g/mol. The zero-order chi connectivity index (χ0) is 16.3. The molecule has 0 spiro atoms. The highest BCUT2D eigenvalue weighted by molar-refractivity contribution is 5.76. The maximum atomic E-state index is 12.3. The van der Waals surface area contributed by atoms with Crippen LogP contribution in [0.3, 0.4) is 0 Å². The number of carbonyl (C=O) groups is 2. The molecule has 120 valence electrons. The highest BCUT2D eigenvalue weighted by Gasteiger charge is 2.31. The van der Waals surface area contributed by atoms with Crippen LogP contribution >= 0.6 is 0 Å². The van der Waals surface area contributed by atoms with Crippen molar-refractivity contribution in [1.82, 2.24) is 0 Å². The maximum Gasteiger partial charge on any atom is 0.314 e. The topological polar surface area (TPSA) is 72.8 Å². The van der Waals surface area contributed by atoms with Crippen LogP contribution in [0.5, 0.6) is 11.5 Å². The molecular formula is C17H22O5. The van der Waals surface area contributed by atoms with Crippen LogP contribution in [0, 0.1) is 25.7 Å². The Hall–Kier alpha value is -2.04. The number of aliphatic carboxylic acids is 1. The highest BCUT2D eigenvalue weighted by Crippen LogP contribution is 2.32. The fraction of sp³-hybridized carbons (Fsp3) is 0.529. The molecule has 0 atom stereocenters. The van der Waals surface area contributed by atoms with Gasteiger partial charge in [-0.1, -0.05) is 0 Å². The molecule has 1 aliphatic rings. The van der Waals surface area contributed by atoms with Crippen molar-refractivity contribution < 1.29 is 24.2 Å². The largest absolute Gasteiger partial charge is 0.496 e. The zero-order valence-corrected chi connectivity index (χ0v) is 13.2. The summed E-state index contributed by atoms with van der Waals surface area (Å²) in [6, 6.07) is 3.52. The molecule has 0 aromatic heterocycles. The van der Waals surface area contributed by atoms with E-state index in [0.717, 1.165) is 16.9 Å². The molecule has 1 aromatic carbocycles. The minimum atomic E-state index is -0.770. The molecule has 0 radical (unpaired) electrons. The molecule has 0 unspecified atom stereocenters. The van der Waals surface area contributed by atoms with Gasteiger partial charge in [0, 0.05) is 0 Å². The number of benzene rings is 1.